The molecular weight excluding hydrogens is 340 g/mol. The van der Waals surface area contributed by atoms with Gasteiger partial charge in [0.05, 0.1) is 5.69 Å². The molecule has 0 fully saturated rings. The van der Waals surface area contributed by atoms with Crippen LogP contribution in [0.15, 0.2) is 42.5 Å². The molecule has 1 heterocycles. The fourth-order valence-electron chi connectivity index (χ4n) is 2.64. The second-order valence-corrected chi connectivity index (χ2v) is 6.64. The lowest BCUT2D eigenvalue weighted by Crippen LogP contribution is -2.43. The van der Waals surface area contributed by atoms with Crippen molar-refractivity contribution < 1.29 is 14.3 Å². The number of halogens is 1. The van der Waals surface area contributed by atoms with Gasteiger partial charge in [0, 0.05) is 10.7 Å². The third-order valence-electron chi connectivity index (χ3n) is 4.03. The maximum Gasteiger partial charge on any atom is 0.265 e. The topological polar surface area (TPSA) is 58.6 Å². The van der Waals surface area contributed by atoms with Gasteiger partial charge in [-0.05, 0) is 41.8 Å². The van der Waals surface area contributed by atoms with E-state index in [1.807, 2.05) is 24.3 Å². The first kappa shape index (κ1) is 17.3. The van der Waals surface area contributed by atoms with Crippen molar-refractivity contribution in [3.05, 3.63) is 53.1 Å². The van der Waals surface area contributed by atoms with E-state index < -0.39 is 0 Å². The van der Waals surface area contributed by atoms with Gasteiger partial charge in [-0.25, -0.2) is 0 Å². The highest BCUT2D eigenvalue weighted by Crippen LogP contribution is 2.34. The molecule has 0 saturated heterocycles. The van der Waals surface area contributed by atoms with Gasteiger partial charge < -0.3 is 10.1 Å². The quantitative estimate of drug-likeness (QED) is 0.903. The summed E-state index contributed by atoms with van der Waals surface area (Å²) in [5.41, 5.74) is 2.40. The number of carbonyl (C=O) groups excluding carboxylic acids is 2. The maximum atomic E-state index is 12.4. The van der Waals surface area contributed by atoms with Crippen LogP contribution < -0.4 is 15.0 Å². The monoisotopic (exact) mass is 358 g/mol. The summed E-state index contributed by atoms with van der Waals surface area (Å²) in [7, 11) is 0. The third-order valence-corrected chi connectivity index (χ3v) is 4.26. The number of hydrogen-bond acceptors (Lipinski definition) is 3. The summed E-state index contributed by atoms with van der Waals surface area (Å²) in [6.45, 7) is 4.03. The van der Waals surface area contributed by atoms with Crippen LogP contribution >= 0.6 is 11.6 Å². The normalized spacial score (nSPS) is 13.4. The first-order valence-electron chi connectivity index (χ1n) is 8.06. The Morgan fingerprint density at radius 2 is 1.96 bits per heavy atom. The van der Waals surface area contributed by atoms with Crippen LogP contribution in [0.25, 0.3) is 0 Å². The van der Waals surface area contributed by atoms with Crippen molar-refractivity contribution in [2.45, 2.75) is 19.8 Å². The second-order valence-electron chi connectivity index (χ2n) is 6.21. The van der Waals surface area contributed by atoms with Gasteiger partial charge in [-0.2, -0.15) is 0 Å². The van der Waals surface area contributed by atoms with Gasteiger partial charge in [0.1, 0.15) is 12.3 Å². The number of anilines is 2. The highest BCUT2D eigenvalue weighted by atomic mass is 35.5. The molecule has 1 N–H and O–H groups in total. The fraction of sp³-hybridized carbons (Fsp3) is 0.263. The van der Waals surface area contributed by atoms with Crippen molar-refractivity contribution in [2.75, 3.05) is 23.4 Å². The van der Waals surface area contributed by atoms with Crippen molar-refractivity contribution in [2.24, 2.45) is 0 Å². The van der Waals surface area contributed by atoms with Crippen LogP contribution in [0.4, 0.5) is 11.4 Å². The molecule has 25 heavy (non-hydrogen) atoms. The highest BCUT2D eigenvalue weighted by Gasteiger charge is 2.27. The molecular formula is C19H19ClN2O3. The lowest BCUT2D eigenvalue weighted by molar-refractivity contribution is -0.123. The van der Waals surface area contributed by atoms with Gasteiger partial charge in [-0.3, -0.25) is 14.5 Å². The number of nitrogens with one attached hydrogen (secondary N) is 1. The predicted molar refractivity (Wildman–Crippen MR) is 98.5 cm³/mol. The summed E-state index contributed by atoms with van der Waals surface area (Å²) in [6, 6.07) is 12.7. The lowest BCUT2D eigenvalue weighted by Gasteiger charge is -2.29. The molecule has 1 aliphatic heterocycles. The number of rotatable bonds is 4. The number of amides is 2. The molecule has 0 bridgehead atoms. The summed E-state index contributed by atoms with van der Waals surface area (Å²) >= 11 is 6.00. The van der Waals surface area contributed by atoms with E-state index in [0.29, 0.717) is 28.1 Å². The van der Waals surface area contributed by atoms with Crippen LogP contribution in [0.5, 0.6) is 5.75 Å². The number of benzene rings is 2. The van der Waals surface area contributed by atoms with Crippen molar-refractivity contribution in [1.29, 1.82) is 0 Å². The summed E-state index contributed by atoms with van der Waals surface area (Å²) in [5, 5.41) is 3.29. The van der Waals surface area contributed by atoms with E-state index in [2.05, 4.69) is 19.2 Å². The zero-order valence-corrected chi connectivity index (χ0v) is 14.8. The van der Waals surface area contributed by atoms with E-state index in [1.54, 1.807) is 18.2 Å². The van der Waals surface area contributed by atoms with E-state index in [0.717, 1.165) is 0 Å². The van der Waals surface area contributed by atoms with Crippen molar-refractivity contribution in [1.82, 2.24) is 0 Å². The Labute approximate surface area is 151 Å². The molecule has 0 radical (unpaired) electrons. The second kappa shape index (κ2) is 7.15. The molecule has 2 aromatic rings. The van der Waals surface area contributed by atoms with Crippen molar-refractivity contribution in [3.63, 3.8) is 0 Å². The Hall–Kier alpha value is -2.53. The smallest absolute Gasteiger partial charge is 0.265 e. The molecule has 2 aromatic carbocycles. The van der Waals surface area contributed by atoms with Gasteiger partial charge in [0.15, 0.2) is 6.61 Å². The lowest BCUT2D eigenvalue weighted by atomic mass is 10.0. The molecule has 0 aliphatic carbocycles. The summed E-state index contributed by atoms with van der Waals surface area (Å²) in [6.07, 6.45) is 0. The predicted octanol–water partition coefficient (Wildman–Crippen LogP) is 3.83. The molecule has 0 atom stereocenters. The average Bonchev–Trinajstić information content (AvgIpc) is 2.58. The number of ether oxygens (including phenoxy) is 1. The molecule has 3 rings (SSSR count). The van der Waals surface area contributed by atoms with Crippen LogP contribution in [0, 0.1) is 0 Å². The zero-order valence-electron chi connectivity index (χ0n) is 14.1. The van der Waals surface area contributed by atoms with Gasteiger partial charge in [0.2, 0.25) is 5.91 Å². The fourth-order valence-corrected chi connectivity index (χ4v) is 2.81. The minimum absolute atomic E-state index is 0.0923. The largest absolute Gasteiger partial charge is 0.482 e. The van der Waals surface area contributed by atoms with Crippen molar-refractivity contribution in [3.8, 4) is 5.75 Å². The SMILES string of the molecule is CC(C)c1ccc(NC(=O)CN2C(=O)COc3ccc(Cl)cc32)cc1. The summed E-state index contributed by atoms with van der Waals surface area (Å²) < 4.78 is 5.37. The third kappa shape index (κ3) is 3.94. The summed E-state index contributed by atoms with van der Waals surface area (Å²) in [4.78, 5) is 25.9. The Morgan fingerprint density at radius 1 is 1.24 bits per heavy atom. The van der Waals surface area contributed by atoms with Gasteiger partial charge in [0.25, 0.3) is 5.91 Å². The Morgan fingerprint density at radius 3 is 2.64 bits per heavy atom. The average molecular weight is 359 g/mol. The van der Waals surface area contributed by atoms with Gasteiger partial charge in [-0.15, -0.1) is 0 Å². The Kier molecular flexibility index (Phi) is 4.95. The molecule has 0 unspecified atom stereocenters. The van der Waals surface area contributed by atoms with Crippen LogP contribution in [0.1, 0.15) is 25.3 Å². The minimum Gasteiger partial charge on any atom is -0.482 e. The summed E-state index contributed by atoms with van der Waals surface area (Å²) in [5.74, 6) is 0.411. The number of fused-ring (bicyclic) bond motifs is 1. The number of carbonyl (C=O) groups is 2. The molecule has 6 heteroatoms. The van der Waals surface area contributed by atoms with Gasteiger partial charge >= 0.3 is 0 Å². The number of nitrogens with zero attached hydrogens (tertiary/aromatic N) is 1. The first-order chi connectivity index (χ1) is 11.9. The van der Waals surface area contributed by atoms with E-state index >= 15 is 0 Å². The Balaban J connectivity index is 1.72. The van der Waals surface area contributed by atoms with Crippen LogP contribution in [-0.2, 0) is 9.59 Å². The van der Waals surface area contributed by atoms with Gasteiger partial charge in [-0.1, -0.05) is 37.6 Å². The molecule has 0 spiro atoms. The van der Waals surface area contributed by atoms with Crippen LogP contribution in [-0.4, -0.2) is 25.0 Å². The molecule has 1 aliphatic rings. The number of hydrogen-bond donors (Lipinski definition) is 1. The molecule has 0 aromatic heterocycles. The van der Waals surface area contributed by atoms with Crippen LogP contribution in [0.3, 0.4) is 0 Å². The van der Waals surface area contributed by atoms with Crippen molar-refractivity contribution >= 4 is 34.8 Å². The maximum absolute atomic E-state index is 12.4. The minimum atomic E-state index is -0.279. The van der Waals surface area contributed by atoms with E-state index in [9.17, 15) is 9.59 Å². The molecule has 2 amide bonds. The zero-order chi connectivity index (χ0) is 18.0. The van der Waals surface area contributed by atoms with E-state index in [1.165, 1.54) is 10.5 Å². The standard InChI is InChI=1S/C19H19ClN2O3/c1-12(2)13-3-6-15(7-4-13)21-18(23)10-22-16-9-14(20)5-8-17(16)25-11-19(22)24/h3-9,12H,10-11H2,1-2H3,(H,21,23). The molecule has 0 saturated carbocycles. The van der Waals surface area contributed by atoms with E-state index in [4.69, 9.17) is 16.3 Å². The first-order valence-corrected chi connectivity index (χ1v) is 8.44. The molecule has 130 valence electrons. The molecule has 5 nitrogen and oxygen atoms in total. The van der Waals surface area contributed by atoms with Crippen LogP contribution in [0.2, 0.25) is 5.02 Å². The van der Waals surface area contributed by atoms with E-state index in [-0.39, 0.29) is 25.0 Å². The Bertz CT molecular complexity index is 803. The highest BCUT2D eigenvalue weighted by molar-refractivity contribution is 6.31.